The van der Waals surface area contributed by atoms with E-state index in [0.717, 1.165) is 16.8 Å². The monoisotopic (exact) mass is 310 g/mol. The van der Waals surface area contributed by atoms with Gasteiger partial charge < -0.3 is 19.1 Å². The summed E-state index contributed by atoms with van der Waals surface area (Å²) in [5, 5.41) is 9.52. The van der Waals surface area contributed by atoms with E-state index >= 15 is 0 Å². The summed E-state index contributed by atoms with van der Waals surface area (Å²) < 4.78 is 12.5. The van der Waals surface area contributed by atoms with E-state index in [9.17, 15) is 4.79 Å². The first kappa shape index (κ1) is 15.7. The van der Waals surface area contributed by atoms with E-state index in [0.29, 0.717) is 11.7 Å². The van der Waals surface area contributed by atoms with Crippen LogP contribution in [-0.4, -0.2) is 46.7 Å². The minimum Gasteiger partial charge on any atom is -0.497 e. The number of hydrogen-bond acceptors (Lipinski definition) is 5. The van der Waals surface area contributed by atoms with Crippen LogP contribution in [0.25, 0.3) is 11.0 Å². The maximum Gasteiger partial charge on any atom is 0.313 e. The zero-order chi connectivity index (χ0) is 15.4. The number of aliphatic carboxylic acids is 1. The fourth-order valence-electron chi connectivity index (χ4n) is 1.95. The first-order chi connectivity index (χ1) is 10.0. The molecule has 21 heavy (non-hydrogen) atoms. The molecule has 114 valence electrons. The van der Waals surface area contributed by atoms with Crippen molar-refractivity contribution in [3.8, 4) is 5.75 Å². The van der Waals surface area contributed by atoms with Crippen LogP contribution in [0.15, 0.2) is 23.4 Å². The number of fused-ring (bicyclic) bond motifs is 1. The summed E-state index contributed by atoms with van der Waals surface area (Å²) >= 11 is 1.20. The lowest BCUT2D eigenvalue weighted by molar-refractivity contribution is -0.133. The molecule has 0 aliphatic carbocycles. The summed E-state index contributed by atoms with van der Waals surface area (Å²) in [6.45, 7) is 2.56. The molecule has 1 N–H and O–H groups in total. The average molecular weight is 310 g/mol. The number of benzene rings is 1. The van der Waals surface area contributed by atoms with Crippen LogP contribution < -0.4 is 4.74 Å². The van der Waals surface area contributed by atoms with Crippen molar-refractivity contribution in [3.63, 3.8) is 0 Å². The topological polar surface area (TPSA) is 73.6 Å². The second-order valence-electron chi connectivity index (χ2n) is 4.59. The van der Waals surface area contributed by atoms with Gasteiger partial charge in [0.25, 0.3) is 0 Å². The van der Waals surface area contributed by atoms with Gasteiger partial charge in [0.05, 0.1) is 36.5 Å². The normalized spacial score (nSPS) is 12.5. The summed E-state index contributed by atoms with van der Waals surface area (Å²) in [6.07, 6.45) is -0.00206. The molecule has 1 atom stereocenters. The number of carboxylic acid groups (broad SMARTS) is 1. The minimum atomic E-state index is -0.865. The molecule has 0 fully saturated rings. The molecule has 0 aliphatic heterocycles. The second-order valence-corrected chi connectivity index (χ2v) is 5.53. The van der Waals surface area contributed by atoms with Crippen molar-refractivity contribution in [3.05, 3.63) is 18.2 Å². The van der Waals surface area contributed by atoms with Crippen molar-refractivity contribution in [2.75, 3.05) is 20.0 Å². The number of carbonyl (C=O) groups is 1. The van der Waals surface area contributed by atoms with Crippen molar-refractivity contribution in [2.24, 2.45) is 0 Å². The molecule has 1 heterocycles. The number of imidazole rings is 1. The van der Waals surface area contributed by atoms with Gasteiger partial charge in [-0.15, -0.1) is 0 Å². The van der Waals surface area contributed by atoms with Gasteiger partial charge in [0.2, 0.25) is 0 Å². The van der Waals surface area contributed by atoms with Crippen LogP contribution in [0.1, 0.15) is 6.92 Å². The highest BCUT2D eigenvalue weighted by Gasteiger charge is 2.15. The minimum absolute atomic E-state index is 0.00206. The van der Waals surface area contributed by atoms with E-state index in [1.807, 2.05) is 29.7 Å². The summed E-state index contributed by atoms with van der Waals surface area (Å²) in [4.78, 5) is 15.3. The molecule has 1 unspecified atom stereocenters. The maximum absolute atomic E-state index is 10.8. The molecule has 0 saturated heterocycles. The predicted octanol–water partition coefficient (Wildman–Crippen LogP) is 2.26. The molecule has 0 saturated carbocycles. The third-order valence-electron chi connectivity index (χ3n) is 3.09. The second kappa shape index (κ2) is 6.82. The fraction of sp³-hybridized carbons (Fsp3) is 0.429. The molecule has 2 rings (SSSR count). The van der Waals surface area contributed by atoms with Crippen molar-refractivity contribution < 1.29 is 19.4 Å². The molecular weight excluding hydrogens is 292 g/mol. The van der Waals surface area contributed by atoms with Gasteiger partial charge in [0.1, 0.15) is 5.75 Å². The molecule has 6 nitrogen and oxygen atoms in total. The van der Waals surface area contributed by atoms with Crippen molar-refractivity contribution >= 4 is 28.8 Å². The number of thioether (sulfide) groups is 1. The number of methoxy groups -OCH3 is 2. The summed E-state index contributed by atoms with van der Waals surface area (Å²) in [5.74, 6) is -0.151. The highest BCUT2D eigenvalue weighted by Crippen LogP contribution is 2.27. The Labute approximate surface area is 127 Å². The Morgan fingerprint density at radius 1 is 1.48 bits per heavy atom. The predicted molar refractivity (Wildman–Crippen MR) is 81.1 cm³/mol. The summed E-state index contributed by atoms with van der Waals surface area (Å²) in [7, 11) is 3.26. The third-order valence-corrected chi connectivity index (χ3v) is 4.05. The van der Waals surface area contributed by atoms with Gasteiger partial charge in [-0.25, -0.2) is 4.98 Å². The Kier molecular flexibility index (Phi) is 5.08. The van der Waals surface area contributed by atoms with Crippen LogP contribution in [0.5, 0.6) is 5.75 Å². The van der Waals surface area contributed by atoms with Crippen LogP contribution in [-0.2, 0) is 16.1 Å². The smallest absolute Gasteiger partial charge is 0.313 e. The Morgan fingerprint density at radius 2 is 2.24 bits per heavy atom. The van der Waals surface area contributed by atoms with Gasteiger partial charge >= 0.3 is 5.97 Å². The van der Waals surface area contributed by atoms with E-state index in [2.05, 4.69) is 4.98 Å². The van der Waals surface area contributed by atoms with Crippen molar-refractivity contribution in [2.45, 2.75) is 24.7 Å². The molecule has 2 aromatic rings. The first-order valence-electron chi connectivity index (χ1n) is 6.46. The van der Waals surface area contributed by atoms with E-state index < -0.39 is 5.97 Å². The largest absolute Gasteiger partial charge is 0.497 e. The molecule has 7 heteroatoms. The maximum atomic E-state index is 10.8. The van der Waals surface area contributed by atoms with Gasteiger partial charge in [0.15, 0.2) is 5.16 Å². The Hall–Kier alpha value is -1.73. The van der Waals surface area contributed by atoms with E-state index in [-0.39, 0.29) is 11.9 Å². The van der Waals surface area contributed by atoms with Gasteiger partial charge in [-0.1, -0.05) is 11.8 Å². The number of hydrogen-bond donors (Lipinski definition) is 1. The SMILES string of the molecule is COc1ccc2nc(SCC(=O)O)n(CC(C)OC)c2c1. The van der Waals surface area contributed by atoms with Gasteiger partial charge in [-0.05, 0) is 19.1 Å². The summed E-state index contributed by atoms with van der Waals surface area (Å²) in [6, 6.07) is 5.60. The van der Waals surface area contributed by atoms with Gasteiger partial charge in [-0.2, -0.15) is 0 Å². The molecule has 0 radical (unpaired) electrons. The van der Waals surface area contributed by atoms with Gasteiger partial charge in [-0.3, -0.25) is 4.79 Å². The van der Waals surface area contributed by atoms with E-state index in [1.54, 1.807) is 14.2 Å². The average Bonchev–Trinajstić information content (AvgIpc) is 2.82. The number of ether oxygens (including phenoxy) is 2. The number of rotatable bonds is 7. The van der Waals surface area contributed by atoms with Crippen molar-refractivity contribution in [1.29, 1.82) is 0 Å². The van der Waals surface area contributed by atoms with Crippen LogP contribution in [0.3, 0.4) is 0 Å². The lowest BCUT2D eigenvalue weighted by Crippen LogP contribution is -2.15. The molecule has 1 aromatic carbocycles. The lowest BCUT2D eigenvalue weighted by Gasteiger charge is -2.13. The molecule has 0 aliphatic rings. The fourth-order valence-corrected chi connectivity index (χ4v) is 2.70. The summed E-state index contributed by atoms with van der Waals surface area (Å²) in [5.41, 5.74) is 1.72. The number of carboxylic acids is 1. The van der Waals surface area contributed by atoms with Crippen LogP contribution in [0, 0.1) is 0 Å². The van der Waals surface area contributed by atoms with Crippen LogP contribution >= 0.6 is 11.8 Å². The number of nitrogens with zero attached hydrogens (tertiary/aromatic N) is 2. The zero-order valence-corrected chi connectivity index (χ0v) is 13.0. The molecule has 1 aromatic heterocycles. The third kappa shape index (κ3) is 3.68. The van der Waals surface area contributed by atoms with Crippen LogP contribution in [0.4, 0.5) is 0 Å². The Bertz CT molecular complexity index is 641. The molecular formula is C14H18N2O4S. The standard InChI is InChI=1S/C14H18N2O4S/c1-9(19-2)7-16-12-6-10(20-3)4-5-11(12)15-14(16)21-8-13(17)18/h4-6,9H,7-8H2,1-3H3,(H,17,18). The zero-order valence-electron chi connectivity index (χ0n) is 12.2. The molecule has 0 bridgehead atoms. The van der Waals surface area contributed by atoms with Crippen molar-refractivity contribution in [1.82, 2.24) is 9.55 Å². The highest BCUT2D eigenvalue weighted by molar-refractivity contribution is 7.99. The highest BCUT2D eigenvalue weighted by atomic mass is 32.2. The van der Waals surface area contributed by atoms with E-state index in [4.69, 9.17) is 14.6 Å². The molecule has 0 spiro atoms. The Balaban J connectivity index is 2.44. The Morgan fingerprint density at radius 3 is 2.86 bits per heavy atom. The number of aromatic nitrogens is 2. The molecule has 0 amide bonds. The van der Waals surface area contributed by atoms with Gasteiger partial charge in [0, 0.05) is 13.2 Å². The van der Waals surface area contributed by atoms with Crippen LogP contribution in [0.2, 0.25) is 0 Å². The quantitative estimate of drug-likeness (QED) is 0.791. The first-order valence-corrected chi connectivity index (χ1v) is 7.45. The van der Waals surface area contributed by atoms with E-state index in [1.165, 1.54) is 11.8 Å². The lowest BCUT2D eigenvalue weighted by atomic mass is 10.3.